The molecule has 2 aromatic rings. The van der Waals surface area contributed by atoms with Gasteiger partial charge in [0.2, 0.25) is 0 Å². The van der Waals surface area contributed by atoms with Crippen LogP contribution in [0.1, 0.15) is 30.1 Å². The largest absolute Gasteiger partial charge is 0.492 e. The minimum atomic E-state index is -0.474. The average Bonchev–Trinajstić information content (AvgIpc) is 2.73. The number of amides is 2. The van der Waals surface area contributed by atoms with E-state index in [1.165, 1.54) is 0 Å². The minimum absolute atomic E-state index is 0.0563. The number of nitrogens with one attached hydrogen (secondary N) is 3. The summed E-state index contributed by atoms with van der Waals surface area (Å²) in [7, 11) is 0. The molecule has 0 unspecified atom stereocenters. The van der Waals surface area contributed by atoms with Crippen molar-refractivity contribution in [3.63, 3.8) is 0 Å². The smallest absolute Gasteiger partial charge is 0.276 e. The summed E-state index contributed by atoms with van der Waals surface area (Å²) in [6, 6.07) is 11.6. The van der Waals surface area contributed by atoms with Crippen LogP contribution in [0.4, 0.5) is 0 Å². The van der Waals surface area contributed by atoms with Crippen molar-refractivity contribution in [2.45, 2.75) is 19.8 Å². The molecule has 7 nitrogen and oxygen atoms in total. The van der Waals surface area contributed by atoms with Crippen molar-refractivity contribution >= 4 is 56.7 Å². The monoisotopic (exact) mass is 513 g/mol. The van der Waals surface area contributed by atoms with Crippen LogP contribution in [0.25, 0.3) is 0 Å². The van der Waals surface area contributed by atoms with Gasteiger partial charge in [0.25, 0.3) is 11.8 Å². The zero-order chi connectivity index (χ0) is 21.9. The fourth-order valence-corrected chi connectivity index (χ4v) is 2.90. The van der Waals surface area contributed by atoms with E-state index in [1.54, 1.807) is 42.5 Å². The van der Waals surface area contributed by atoms with E-state index in [9.17, 15) is 9.59 Å². The van der Waals surface area contributed by atoms with Crippen molar-refractivity contribution in [2.24, 2.45) is 0 Å². The second kappa shape index (κ2) is 12.4. The third-order valence-corrected chi connectivity index (χ3v) is 4.75. The zero-order valence-corrected chi connectivity index (χ0v) is 19.3. The van der Waals surface area contributed by atoms with Gasteiger partial charge in [-0.3, -0.25) is 25.8 Å². The standard InChI is InChI=1S/C20H21BrClN3O4S/c1-2-3-10-28-17-9-4-13(11-16(17)21)19(27)23-20(30)25-24-18(26)12-29-15-7-5-14(22)6-8-15/h4-9,11H,2-3,10,12H2,1H3,(H,24,26)(H2,23,25,27,30). The van der Waals surface area contributed by atoms with Gasteiger partial charge in [0.1, 0.15) is 11.5 Å². The molecule has 0 fully saturated rings. The van der Waals surface area contributed by atoms with Gasteiger partial charge >= 0.3 is 0 Å². The molecule has 2 rings (SSSR count). The number of halogens is 2. The second-order valence-corrected chi connectivity index (χ2v) is 7.75. The Bertz CT molecular complexity index is 896. The van der Waals surface area contributed by atoms with Gasteiger partial charge in [-0.1, -0.05) is 24.9 Å². The first-order chi connectivity index (χ1) is 14.4. The van der Waals surface area contributed by atoms with Crippen molar-refractivity contribution in [1.82, 2.24) is 16.2 Å². The highest BCUT2D eigenvalue weighted by Crippen LogP contribution is 2.26. The number of rotatable bonds is 8. The maximum Gasteiger partial charge on any atom is 0.276 e. The first-order valence-corrected chi connectivity index (χ1v) is 10.7. The Morgan fingerprint density at radius 2 is 1.83 bits per heavy atom. The summed E-state index contributed by atoms with van der Waals surface area (Å²) in [5, 5.41) is 2.99. The van der Waals surface area contributed by atoms with Gasteiger partial charge in [-0.25, -0.2) is 0 Å². The number of hydrogen-bond acceptors (Lipinski definition) is 5. The molecule has 0 aliphatic heterocycles. The summed E-state index contributed by atoms with van der Waals surface area (Å²) in [5.41, 5.74) is 5.18. The molecule has 0 radical (unpaired) electrons. The van der Waals surface area contributed by atoms with E-state index in [2.05, 4.69) is 39.0 Å². The lowest BCUT2D eigenvalue weighted by atomic mass is 10.2. The van der Waals surface area contributed by atoms with E-state index in [0.29, 0.717) is 33.2 Å². The van der Waals surface area contributed by atoms with Gasteiger partial charge < -0.3 is 9.47 Å². The zero-order valence-electron chi connectivity index (χ0n) is 16.2. The Labute approximate surface area is 193 Å². The Morgan fingerprint density at radius 1 is 1.10 bits per heavy atom. The number of ether oxygens (including phenoxy) is 2. The van der Waals surface area contributed by atoms with E-state index in [-0.39, 0.29) is 11.7 Å². The molecule has 3 N–H and O–H groups in total. The molecule has 0 aromatic heterocycles. The Kier molecular flexibility index (Phi) is 9.85. The van der Waals surface area contributed by atoms with Crippen LogP contribution in [0.5, 0.6) is 11.5 Å². The Morgan fingerprint density at radius 3 is 2.50 bits per heavy atom. The van der Waals surface area contributed by atoms with Crippen LogP contribution in [0.3, 0.4) is 0 Å². The Hall–Kier alpha value is -2.36. The van der Waals surface area contributed by atoms with Gasteiger partial charge in [-0.15, -0.1) is 0 Å². The van der Waals surface area contributed by atoms with Crippen LogP contribution < -0.4 is 25.6 Å². The lowest BCUT2D eigenvalue weighted by Crippen LogP contribution is -2.49. The number of unbranched alkanes of at least 4 members (excludes halogenated alkanes) is 1. The average molecular weight is 515 g/mol. The molecule has 2 amide bonds. The number of hydrogen-bond donors (Lipinski definition) is 3. The molecule has 0 saturated carbocycles. The lowest BCUT2D eigenvalue weighted by Gasteiger charge is -2.12. The molecule has 0 bridgehead atoms. The molecular weight excluding hydrogens is 494 g/mol. The summed E-state index contributed by atoms with van der Waals surface area (Å²) in [5.74, 6) is 0.254. The third kappa shape index (κ3) is 8.17. The highest BCUT2D eigenvalue weighted by Gasteiger charge is 2.11. The van der Waals surface area contributed by atoms with Crippen LogP contribution in [-0.2, 0) is 4.79 Å². The molecule has 0 aliphatic carbocycles. The van der Waals surface area contributed by atoms with Crippen molar-refractivity contribution in [3.05, 3.63) is 57.5 Å². The predicted octanol–water partition coefficient (Wildman–Crippen LogP) is 4.00. The molecule has 2 aromatic carbocycles. The molecule has 30 heavy (non-hydrogen) atoms. The number of benzene rings is 2. The molecule has 0 spiro atoms. The van der Waals surface area contributed by atoms with E-state index in [1.807, 2.05) is 0 Å². The van der Waals surface area contributed by atoms with Crippen LogP contribution in [0.2, 0.25) is 5.02 Å². The van der Waals surface area contributed by atoms with E-state index >= 15 is 0 Å². The highest BCUT2D eigenvalue weighted by atomic mass is 79.9. The maximum absolute atomic E-state index is 12.3. The molecule has 0 heterocycles. The number of carbonyl (C=O) groups is 2. The van der Waals surface area contributed by atoms with Gasteiger partial charge in [0.15, 0.2) is 11.7 Å². The third-order valence-electron chi connectivity index (χ3n) is 3.68. The number of thiocarbonyl (C=S) groups is 1. The van der Waals surface area contributed by atoms with Crippen LogP contribution in [0.15, 0.2) is 46.9 Å². The summed E-state index contributed by atoms with van der Waals surface area (Å²) < 4.78 is 11.6. The summed E-state index contributed by atoms with van der Waals surface area (Å²) in [6.45, 7) is 2.45. The van der Waals surface area contributed by atoms with E-state index in [0.717, 1.165) is 12.8 Å². The molecular formula is C20H21BrClN3O4S. The summed E-state index contributed by atoms with van der Waals surface area (Å²) >= 11 is 14.2. The van der Waals surface area contributed by atoms with E-state index < -0.39 is 11.8 Å². The van der Waals surface area contributed by atoms with Crippen LogP contribution in [-0.4, -0.2) is 30.1 Å². The topological polar surface area (TPSA) is 88.7 Å². The summed E-state index contributed by atoms with van der Waals surface area (Å²) in [4.78, 5) is 24.1. The molecule has 0 atom stereocenters. The van der Waals surface area contributed by atoms with Gasteiger partial charge in [0, 0.05) is 10.6 Å². The van der Waals surface area contributed by atoms with Crippen molar-refractivity contribution < 1.29 is 19.1 Å². The molecule has 0 aliphatic rings. The number of carbonyl (C=O) groups excluding carboxylic acids is 2. The van der Waals surface area contributed by atoms with E-state index in [4.69, 9.17) is 33.3 Å². The summed E-state index contributed by atoms with van der Waals surface area (Å²) in [6.07, 6.45) is 1.98. The normalized spacial score (nSPS) is 10.1. The molecule has 10 heteroatoms. The SMILES string of the molecule is CCCCOc1ccc(C(=O)NC(=S)NNC(=O)COc2ccc(Cl)cc2)cc1Br. The fourth-order valence-electron chi connectivity index (χ4n) is 2.13. The quantitative estimate of drug-likeness (QED) is 0.280. The first kappa shape index (κ1) is 23.9. The molecule has 160 valence electrons. The van der Waals surface area contributed by atoms with Crippen LogP contribution in [0, 0.1) is 0 Å². The minimum Gasteiger partial charge on any atom is -0.492 e. The lowest BCUT2D eigenvalue weighted by molar-refractivity contribution is -0.123. The van der Waals surface area contributed by atoms with Gasteiger partial charge in [-0.2, -0.15) is 0 Å². The predicted molar refractivity (Wildman–Crippen MR) is 123 cm³/mol. The van der Waals surface area contributed by atoms with Crippen molar-refractivity contribution in [2.75, 3.05) is 13.2 Å². The molecule has 0 saturated heterocycles. The Balaban J connectivity index is 1.75. The van der Waals surface area contributed by atoms with Crippen molar-refractivity contribution in [3.8, 4) is 11.5 Å². The fraction of sp³-hybridized carbons (Fsp3) is 0.250. The number of hydrazine groups is 1. The van der Waals surface area contributed by atoms with Gasteiger partial charge in [-0.05, 0) is 77.0 Å². The van der Waals surface area contributed by atoms with Crippen molar-refractivity contribution in [1.29, 1.82) is 0 Å². The highest BCUT2D eigenvalue weighted by molar-refractivity contribution is 9.10. The van der Waals surface area contributed by atoms with Crippen LogP contribution >= 0.6 is 39.7 Å². The first-order valence-electron chi connectivity index (χ1n) is 9.10. The maximum atomic E-state index is 12.3. The second-order valence-electron chi connectivity index (χ2n) is 6.05. The van der Waals surface area contributed by atoms with Gasteiger partial charge in [0.05, 0.1) is 11.1 Å².